The molecule has 36 heavy (non-hydrogen) atoms. The Morgan fingerprint density at radius 2 is 1.97 bits per heavy atom. The van der Waals surface area contributed by atoms with Crippen LogP contribution >= 0.6 is 0 Å². The van der Waals surface area contributed by atoms with E-state index in [1.807, 2.05) is 35.2 Å². The van der Waals surface area contributed by atoms with Gasteiger partial charge in [0.05, 0.1) is 32.5 Å². The van der Waals surface area contributed by atoms with Gasteiger partial charge < -0.3 is 24.4 Å². The highest BCUT2D eigenvalue weighted by Crippen LogP contribution is 2.40. The van der Waals surface area contributed by atoms with Crippen LogP contribution in [0.25, 0.3) is 11.1 Å². The highest BCUT2D eigenvalue weighted by atomic mass is 16.5. The Balaban J connectivity index is 1.48. The van der Waals surface area contributed by atoms with Crippen molar-refractivity contribution in [3.05, 3.63) is 54.4 Å². The van der Waals surface area contributed by atoms with Crippen molar-refractivity contribution < 1.29 is 24.2 Å². The van der Waals surface area contributed by atoms with Crippen molar-refractivity contribution in [1.82, 2.24) is 25.0 Å². The summed E-state index contributed by atoms with van der Waals surface area (Å²) in [5.74, 6) is 1.59. The van der Waals surface area contributed by atoms with Gasteiger partial charge in [-0.1, -0.05) is 12.1 Å². The summed E-state index contributed by atoms with van der Waals surface area (Å²) in [6.07, 6.45) is 3.57. The zero-order chi connectivity index (χ0) is 25.3. The van der Waals surface area contributed by atoms with E-state index < -0.39 is 11.6 Å². The van der Waals surface area contributed by atoms with Crippen molar-refractivity contribution in [2.75, 3.05) is 38.8 Å². The first-order chi connectivity index (χ1) is 17.4. The molecule has 2 N–H and O–H groups in total. The number of H-pyrrole nitrogens is 1. The third-order valence-corrected chi connectivity index (χ3v) is 7.05. The minimum atomic E-state index is -0.938. The molecule has 0 atom stereocenters. The highest BCUT2D eigenvalue weighted by molar-refractivity contribution is 5.95. The highest BCUT2D eigenvalue weighted by Gasteiger charge is 2.52. The van der Waals surface area contributed by atoms with E-state index in [0.29, 0.717) is 56.5 Å². The smallest absolute Gasteiger partial charge is 0.407 e. The van der Waals surface area contributed by atoms with E-state index >= 15 is 0 Å². The Hall–Kier alpha value is -4.28. The predicted octanol–water partition coefficient (Wildman–Crippen LogP) is 3.44. The number of hydrogen-bond donors (Lipinski definition) is 2. The van der Waals surface area contributed by atoms with Crippen molar-refractivity contribution >= 4 is 17.9 Å². The van der Waals surface area contributed by atoms with Crippen molar-refractivity contribution in [2.24, 2.45) is 0 Å². The molecule has 4 heterocycles. The molecule has 188 valence electrons. The molecule has 2 saturated heterocycles. The Labute approximate surface area is 208 Å². The number of amides is 3. The van der Waals surface area contributed by atoms with E-state index in [1.165, 1.54) is 4.90 Å². The number of pyridine rings is 1. The number of benzene rings is 1. The maximum Gasteiger partial charge on any atom is 0.407 e. The van der Waals surface area contributed by atoms with Crippen LogP contribution in [0.3, 0.4) is 0 Å². The predicted molar refractivity (Wildman–Crippen MR) is 131 cm³/mol. The van der Waals surface area contributed by atoms with E-state index in [4.69, 9.17) is 9.47 Å². The van der Waals surface area contributed by atoms with Crippen LogP contribution in [0.5, 0.6) is 11.6 Å². The zero-order valence-corrected chi connectivity index (χ0v) is 20.2. The molecule has 0 unspecified atom stereocenters. The van der Waals surface area contributed by atoms with Crippen LogP contribution in [0.2, 0.25) is 0 Å². The van der Waals surface area contributed by atoms with Gasteiger partial charge in [0.1, 0.15) is 11.6 Å². The lowest BCUT2D eigenvalue weighted by Crippen LogP contribution is -2.55. The number of methoxy groups -OCH3 is 2. The van der Waals surface area contributed by atoms with Crippen LogP contribution in [0, 0.1) is 0 Å². The number of aromatic nitrogens is 3. The van der Waals surface area contributed by atoms with Crippen LogP contribution in [0.15, 0.2) is 48.8 Å². The number of carboxylic acid groups (broad SMARTS) is 1. The van der Waals surface area contributed by atoms with Crippen LogP contribution in [0.4, 0.5) is 15.4 Å². The van der Waals surface area contributed by atoms with Crippen molar-refractivity contribution in [3.63, 3.8) is 0 Å². The fraction of sp³-hybridized carbons (Fsp3) is 0.360. The van der Waals surface area contributed by atoms with Crippen LogP contribution in [-0.2, 0) is 6.54 Å². The molecule has 1 spiro atoms. The van der Waals surface area contributed by atoms with E-state index in [2.05, 4.69) is 15.2 Å². The lowest BCUT2D eigenvalue weighted by atomic mass is 9.86. The number of urea groups is 1. The second kappa shape index (κ2) is 9.40. The summed E-state index contributed by atoms with van der Waals surface area (Å²) in [6, 6.07) is 11.1. The number of nitrogens with one attached hydrogen (secondary N) is 1. The number of likely N-dealkylation sites (tertiary alicyclic amines) is 1. The lowest BCUT2D eigenvalue weighted by Gasteiger charge is -2.43. The molecule has 2 aliphatic heterocycles. The van der Waals surface area contributed by atoms with Gasteiger partial charge in [-0.25, -0.2) is 9.59 Å². The Morgan fingerprint density at radius 1 is 1.17 bits per heavy atom. The molecule has 2 fully saturated rings. The Morgan fingerprint density at radius 3 is 2.64 bits per heavy atom. The summed E-state index contributed by atoms with van der Waals surface area (Å²) in [6.45, 7) is 1.51. The van der Waals surface area contributed by atoms with Gasteiger partial charge in [-0.15, -0.1) is 0 Å². The molecule has 0 radical (unpaired) electrons. The first-order valence-electron chi connectivity index (χ1n) is 11.7. The summed E-state index contributed by atoms with van der Waals surface area (Å²) in [5, 5.41) is 16.2. The standard InChI is InChI=1S/C25H28N6O5/c1-35-19-5-3-4-17(12-19)15-31-23(32)30(16-25(31)8-10-29(11-9-25)24(33)34)21-7-6-20(22(28-21)36-2)18-13-26-27-14-18/h3-7,12-14H,8-11,15-16H2,1-2H3,(H,26,27)(H,33,34). The van der Waals surface area contributed by atoms with Gasteiger partial charge in [0.2, 0.25) is 5.88 Å². The first-order valence-corrected chi connectivity index (χ1v) is 11.7. The number of aromatic amines is 1. The van der Waals surface area contributed by atoms with Crippen molar-refractivity contribution in [1.29, 1.82) is 0 Å². The van der Waals surface area contributed by atoms with Crippen molar-refractivity contribution in [2.45, 2.75) is 24.9 Å². The topological polar surface area (TPSA) is 124 Å². The molecule has 0 saturated carbocycles. The third kappa shape index (κ3) is 4.16. The molecule has 11 nitrogen and oxygen atoms in total. The quantitative estimate of drug-likeness (QED) is 0.540. The molecule has 3 aromatic rings. The van der Waals surface area contributed by atoms with Gasteiger partial charge in [0, 0.05) is 37.0 Å². The van der Waals surface area contributed by atoms with E-state index in [-0.39, 0.29) is 6.03 Å². The number of carbonyl (C=O) groups is 2. The first kappa shape index (κ1) is 23.5. The average Bonchev–Trinajstić information content (AvgIpc) is 3.52. The van der Waals surface area contributed by atoms with Gasteiger partial charge in [-0.3, -0.25) is 10.00 Å². The maximum atomic E-state index is 13.9. The number of ether oxygens (including phenoxy) is 2. The second-order valence-corrected chi connectivity index (χ2v) is 9.01. The van der Waals surface area contributed by atoms with Gasteiger partial charge in [0.15, 0.2) is 0 Å². The van der Waals surface area contributed by atoms with Crippen LogP contribution < -0.4 is 14.4 Å². The minimum absolute atomic E-state index is 0.174. The average molecular weight is 493 g/mol. The fourth-order valence-corrected chi connectivity index (χ4v) is 5.06. The summed E-state index contributed by atoms with van der Waals surface area (Å²) in [5.41, 5.74) is 2.00. The summed E-state index contributed by atoms with van der Waals surface area (Å²) in [7, 11) is 3.15. The normalized spacial score (nSPS) is 17.1. The Kier molecular flexibility index (Phi) is 6.13. The molecule has 11 heteroatoms. The molecule has 0 aliphatic carbocycles. The number of piperidine rings is 1. The molecule has 3 amide bonds. The Bertz CT molecular complexity index is 1260. The third-order valence-electron chi connectivity index (χ3n) is 7.05. The number of rotatable bonds is 6. The molecular formula is C25H28N6O5. The molecule has 2 aromatic heterocycles. The maximum absolute atomic E-state index is 13.9. The SMILES string of the molecule is COc1cccc(CN2C(=O)N(c3ccc(-c4cn[nH]c4)c(OC)n3)CC23CCN(C(=O)O)CC3)c1. The lowest BCUT2D eigenvalue weighted by molar-refractivity contribution is 0.0686. The monoisotopic (exact) mass is 492 g/mol. The van der Waals surface area contributed by atoms with Crippen LogP contribution in [0.1, 0.15) is 18.4 Å². The summed E-state index contributed by atoms with van der Waals surface area (Å²) < 4.78 is 10.9. The number of anilines is 1. The van der Waals surface area contributed by atoms with Gasteiger partial charge in [-0.2, -0.15) is 10.1 Å². The summed E-state index contributed by atoms with van der Waals surface area (Å²) >= 11 is 0. The van der Waals surface area contributed by atoms with Gasteiger partial charge in [0.25, 0.3) is 0 Å². The molecular weight excluding hydrogens is 464 g/mol. The molecule has 2 aliphatic rings. The second-order valence-electron chi connectivity index (χ2n) is 9.01. The van der Waals surface area contributed by atoms with E-state index in [9.17, 15) is 14.7 Å². The largest absolute Gasteiger partial charge is 0.497 e. The number of hydrogen-bond acceptors (Lipinski definition) is 6. The number of nitrogens with zero attached hydrogens (tertiary/aromatic N) is 5. The molecule has 5 rings (SSSR count). The van der Waals surface area contributed by atoms with Crippen LogP contribution in [-0.4, -0.2) is 81.6 Å². The van der Waals surface area contributed by atoms with E-state index in [1.54, 1.807) is 37.6 Å². The van der Waals surface area contributed by atoms with E-state index in [0.717, 1.165) is 16.7 Å². The van der Waals surface area contributed by atoms with Gasteiger partial charge >= 0.3 is 12.1 Å². The zero-order valence-electron chi connectivity index (χ0n) is 20.2. The van der Waals surface area contributed by atoms with Gasteiger partial charge in [-0.05, 0) is 42.7 Å². The fourth-order valence-electron chi connectivity index (χ4n) is 5.06. The summed E-state index contributed by atoms with van der Waals surface area (Å²) in [4.78, 5) is 35.0. The van der Waals surface area contributed by atoms with Crippen molar-refractivity contribution in [3.8, 4) is 22.8 Å². The minimum Gasteiger partial charge on any atom is -0.497 e. The number of carbonyl (C=O) groups excluding carboxylic acids is 1. The molecule has 0 bridgehead atoms. The molecule has 1 aromatic carbocycles.